The van der Waals surface area contributed by atoms with Crippen LogP contribution in [0.25, 0.3) is 0 Å². The molecule has 1 aliphatic heterocycles. The fourth-order valence-electron chi connectivity index (χ4n) is 3.14. The van der Waals surface area contributed by atoms with Crippen LogP contribution in [0.1, 0.15) is 22.8 Å². The van der Waals surface area contributed by atoms with Gasteiger partial charge in [0.1, 0.15) is 0 Å². The van der Waals surface area contributed by atoms with Crippen molar-refractivity contribution < 1.29 is 13.2 Å². The lowest BCUT2D eigenvalue weighted by atomic mass is 10.2. The van der Waals surface area contributed by atoms with Crippen molar-refractivity contribution in [2.75, 3.05) is 38.0 Å². The molecule has 1 amide bonds. The van der Waals surface area contributed by atoms with Crippen molar-refractivity contribution in [3.05, 3.63) is 59.7 Å². The molecule has 0 saturated carbocycles. The second-order valence-corrected chi connectivity index (χ2v) is 8.62. The number of aryl methyl sites for hydroxylation is 1. The molecule has 2 aromatic rings. The van der Waals surface area contributed by atoms with Crippen LogP contribution in [0.15, 0.2) is 53.4 Å². The van der Waals surface area contributed by atoms with Gasteiger partial charge in [-0.2, -0.15) is 4.31 Å². The van der Waals surface area contributed by atoms with Crippen molar-refractivity contribution in [3.63, 3.8) is 0 Å². The number of piperazine rings is 1. The van der Waals surface area contributed by atoms with Gasteiger partial charge in [0.25, 0.3) is 5.91 Å². The molecule has 7 heteroatoms. The van der Waals surface area contributed by atoms with Gasteiger partial charge in [0.05, 0.1) is 4.90 Å². The molecule has 3 rings (SSSR count). The zero-order valence-electron chi connectivity index (χ0n) is 15.7. The SMILES string of the molecule is CCN1CCN(S(=O)(=O)c2ccc(C(=O)Nc3cccc(C)c3)cc2)CC1. The van der Waals surface area contributed by atoms with Crippen LogP contribution in [0.4, 0.5) is 5.69 Å². The summed E-state index contributed by atoms with van der Waals surface area (Å²) in [6, 6.07) is 13.7. The minimum atomic E-state index is -3.53. The molecule has 1 heterocycles. The summed E-state index contributed by atoms with van der Waals surface area (Å²) < 4.78 is 27.1. The quantitative estimate of drug-likeness (QED) is 0.856. The van der Waals surface area contributed by atoms with Crippen LogP contribution in [0.3, 0.4) is 0 Å². The number of anilines is 1. The number of carbonyl (C=O) groups excluding carboxylic acids is 1. The molecule has 0 unspecified atom stereocenters. The molecule has 144 valence electrons. The van der Waals surface area contributed by atoms with Gasteiger partial charge in [-0.1, -0.05) is 19.1 Å². The second kappa shape index (κ2) is 8.21. The van der Waals surface area contributed by atoms with E-state index in [1.54, 1.807) is 12.1 Å². The highest BCUT2D eigenvalue weighted by atomic mass is 32.2. The molecular formula is C20H25N3O3S. The van der Waals surface area contributed by atoms with Crippen LogP contribution >= 0.6 is 0 Å². The van der Waals surface area contributed by atoms with Crippen molar-refractivity contribution in [1.82, 2.24) is 9.21 Å². The smallest absolute Gasteiger partial charge is 0.255 e. The third-order valence-corrected chi connectivity index (χ3v) is 6.72. The Labute approximate surface area is 160 Å². The first kappa shape index (κ1) is 19.5. The molecule has 0 aliphatic carbocycles. The summed E-state index contributed by atoms with van der Waals surface area (Å²) in [5.74, 6) is -0.263. The van der Waals surface area contributed by atoms with Crippen LogP contribution in [0.2, 0.25) is 0 Å². The molecule has 1 aliphatic rings. The molecule has 0 bridgehead atoms. The monoisotopic (exact) mass is 387 g/mol. The van der Waals surface area contributed by atoms with Gasteiger partial charge in [0, 0.05) is 37.4 Å². The summed E-state index contributed by atoms with van der Waals surface area (Å²) in [6.45, 7) is 7.43. The van der Waals surface area contributed by atoms with E-state index in [9.17, 15) is 13.2 Å². The summed E-state index contributed by atoms with van der Waals surface area (Å²) in [6.07, 6.45) is 0. The van der Waals surface area contributed by atoms with Crippen molar-refractivity contribution in [1.29, 1.82) is 0 Å². The molecule has 0 spiro atoms. The van der Waals surface area contributed by atoms with Gasteiger partial charge >= 0.3 is 0 Å². The highest BCUT2D eigenvalue weighted by molar-refractivity contribution is 7.89. The van der Waals surface area contributed by atoms with E-state index in [0.29, 0.717) is 24.3 Å². The van der Waals surface area contributed by atoms with Crippen LogP contribution in [0.5, 0.6) is 0 Å². The van der Waals surface area contributed by atoms with E-state index >= 15 is 0 Å². The maximum Gasteiger partial charge on any atom is 0.255 e. The summed E-state index contributed by atoms with van der Waals surface area (Å²) in [5.41, 5.74) is 2.19. The third-order valence-electron chi connectivity index (χ3n) is 4.81. The number of nitrogens with zero attached hydrogens (tertiary/aromatic N) is 2. The van der Waals surface area contributed by atoms with E-state index in [2.05, 4.69) is 17.1 Å². The standard InChI is InChI=1S/C20H25N3O3S/c1-3-22-11-13-23(14-12-22)27(25,26)19-9-7-17(8-10-19)20(24)21-18-6-4-5-16(2)15-18/h4-10,15H,3,11-14H2,1-2H3,(H,21,24). The summed E-state index contributed by atoms with van der Waals surface area (Å²) in [4.78, 5) is 14.8. The second-order valence-electron chi connectivity index (χ2n) is 6.69. The number of carbonyl (C=O) groups is 1. The van der Waals surface area contributed by atoms with Gasteiger partial charge in [-0.15, -0.1) is 0 Å². The van der Waals surface area contributed by atoms with Gasteiger partial charge in [0.2, 0.25) is 10.0 Å². The lowest BCUT2D eigenvalue weighted by molar-refractivity contribution is 0.102. The molecule has 0 atom stereocenters. The zero-order valence-corrected chi connectivity index (χ0v) is 16.5. The Balaban J connectivity index is 1.70. The van der Waals surface area contributed by atoms with Crippen LogP contribution in [-0.2, 0) is 10.0 Å². The Kier molecular flexibility index (Phi) is 5.94. The van der Waals surface area contributed by atoms with Crippen molar-refractivity contribution >= 4 is 21.6 Å². The van der Waals surface area contributed by atoms with Gasteiger partial charge in [-0.3, -0.25) is 4.79 Å². The average Bonchev–Trinajstić information content (AvgIpc) is 2.68. The van der Waals surface area contributed by atoms with Gasteiger partial charge in [-0.25, -0.2) is 8.42 Å². The van der Waals surface area contributed by atoms with Crippen LogP contribution in [-0.4, -0.2) is 56.3 Å². The topological polar surface area (TPSA) is 69.7 Å². The lowest BCUT2D eigenvalue weighted by Crippen LogP contribution is -2.48. The molecule has 0 radical (unpaired) electrons. The molecule has 1 fully saturated rings. The van der Waals surface area contributed by atoms with Gasteiger partial charge in [-0.05, 0) is 55.4 Å². The average molecular weight is 388 g/mol. The highest BCUT2D eigenvalue weighted by Crippen LogP contribution is 2.19. The summed E-state index contributed by atoms with van der Waals surface area (Å²) in [7, 11) is -3.53. The minimum Gasteiger partial charge on any atom is -0.322 e. The van der Waals surface area contributed by atoms with Crippen molar-refractivity contribution in [2.45, 2.75) is 18.7 Å². The number of amides is 1. The first-order valence-corrected chi connectivity index (χ1v) is 10.5. The van der Waals surface area contributed by atoms with E-state index in [1.807, 2.05) is 31.2 Å². The van der Waals surface area contributed by atoms with E-state index < -0.39 is 10.0 Å². The number of sulfonamides is 1. The predicted octanol–water partition coefficient (Wildman–Crippen LogP) is 2.57. The predicted molar refractivity (Wildman–Crippen MR) is 106 cm³/mol. The molecule has 27 heavy (non-hydrogen) atoms. The maximum absolute atomic E-state index is 12.8. The highest BCUT2D eigenvalue weighted by Gasteiger charge is 2.28. The number of benzene rings is 2. The number of nitrogens with one attached hydrogen (secondary N) is 1. The Bertz CT molecular complexity index is 902. The Morgan fingerprint density at radius 1 is 1.04 bits per heavy atom. The Morgan fingerprint density at radius 2 is 1.70 bits per heavy atom. The maximum atomic E-state index is 12.8. The van der Waals surface area contributed by atoms with Gasteiger partial charge in [0.15, 0.2) is 0 Å². The van der Waals surface area contributed by atoms with Crippen LogP contribution in [0, 0.1) is 6.92 Å². The van der Waals surface area contributed by atoms with Crippen LogP contribution < -0.4 is 5.32 Å². The van der Waals surface area contributed by atoms with Crippen molar-refractivity contribution in [2.24, 2.45) is 0 Å². The number of hydrogen-bond acceptors (Lipinski definition) is 4. The molecule has 1 saturated heterocycles. The number of likely N-dealkylation sites (N-methyl/N-ethyl adjacent to an activating group) is 1. The van der Waals surface area contributed by atoms with Gasteiger partial charge < -0.3 is 10.2 Å². The molecule has 0 aromatic heterocycles. The first-order chi connectivity index (χ1) is 12.9. The lowest BCUT2D eigenvalue weighted by Gasteiger charge is -2.33. The van der Waals surface area contributed by atoms with Crippen molar-refractivity contribution in [3.8, 4) is 0 Å². The number of hydrogen-bond donors (Lipinski definition) is 1. The van der Waals surface area contributed by atoms with E-state index in [-0.39, 0.29) is 10.8 Å². The van der Waals surface area contributed by atoms with E-state index in [1.165, 1.54) is 16.4 Å². The largest absolute Gasteiger partial charge is 0.322 e. The Hall–Kier alpha value is -2.22. The fourth-order valence-corrected chi connectivity index (χ4v) is 4.56. The summed E-state index contributed by atoms with van der Waals surface area (Å²) in [5, 5.41) is 2.83. The van der Waals surface area contributed by atoms with E-state index in [4.69, 9.17) is 0 Å². The first-order valence-electron chi connectivity index (χ1n) is 9.11. The molecular weight excluding hydrogens is 362 g/mol. The third kappa shape index (κ3) is 4.55. The fraction of sp³-hybridized carbons (Fsp3) is 0.350. The Morgan fingerprint density at radius 3 is 2.30 bits per heavy atom. The van der Waals surface area contributed by atoms with E-state index in [0.717, 1.165) is 25.2 Å². The normalized spacial score (nSPS) is 16.2. The molecule has 1 N–H and O–H groups in total. The molecule has 6 nitrogen and oxygen atoms in total. The molecule has 2 aromatic carbocycles. The zero-order chi connectivity index (χ0) is 19.4. The minimum absolute atomic E-state index is 0.222. The summed E-state index contributed by atoms with van der Waals surface area (Å²) >= 11 is 0. The number of rotatable bonds is 5.